The summed E-state index contributed by atoms with van der Waals surface area (Å²) >= 11 is 1.06. The van der Waals surface area contributed by atoms with E-state index in [-0.39, 0.29) is 17.8 Å². The van der Waals surface area contributed by atoms with Crippen molar-refractivity contribution in [1.82, 2.24) is 4.57 Å². The van der Waals surface area contributed by atoms with Crippen LogP contribution >= 0.6 is 11.3 Å². The highest BCUT2D eigenvalue weighted by atomic mass is 32.1. The Balaban J connectivity index is 2.77. The molecule has 0 spiro atoms. The molecule has 14 heavy (non-hydrogen) atoms. The Hall–Kier alpha value is -1.14. The molecule has 0 bridgehead atoms. The predicted octanol–water partition coefficient (Wildman–Crippen LogP) is 0.531. The molecule has 0 radical (unpaired) electrons. The van der Waals surface area contributed by atoms with Gasteiger partial charge in [-0.25, -0.2) is 0 Å². The first-order chi connectivity index (χ1) is 6.65. The number of aliphatic carboxylic acids is 1. The predicted molar refractivity (Wildman–Crippen MR) is 51.5 cm³/mol. The van der Waals surface area contributed by atoms with E-state index in [1.54, 1.807) is 5.38 Å². The molecule has 78 valence electrons. The van der Waals surface area contributed by atoms with Gasteiger partial charge in [-0.15, -0.1) is 0 Å². The maximum atomic E-state index is 11.3. The highest BCUT2D eigenvalue weighted by Gasteiger charge is 2.07. The zero-order valence-corrected chi connectivity index (χ0v) is 8.54. The summed E-state index contributed by atoms with van der Waals surface area (Å²) in [7, 11) is 1.53. The molecule has 5 nitrogen and oxygen atoms in total. The van der Waals surface area contributed by atoms with Crippen molar-refractivity contribution in [2.24, 2.45) is 0 Å². The SMILES string of the molecule is COCc1csc(=O)n1CCC(=O)O. The van der Waals surface area contributed by atoms with Gasteiger partial charge in [-0.1, -0.05) is 11.3 Å². The number of ether oxygens (including phenoxy) is 1. The van der Waals surface area contributed by atoms with Crippen molar-refractivity contribution in [3.05, 3.63) is 20.7 Å². The van der Waals surface area contributed by atoms with Gasteiger partial charge in [0.05, 0.1) is 18.7 Å². The second-order valence-electron chi connectivity index (χ2n) is 2.72. The van der Waals surface area contributed by atoms with E-state index < -0.39 is 5.97 Å². The number of rotatable bonds is 5. The van der Waals surface area contributed by atoms with E-state index >= 15 is 0 Å². The lowest BCUT2D eigenvalue weighted by Gasteiger charge is -2.04. The molecule has 0 saturated heterocycles. The summed E-state index contributed by atoms with van der Waals surface area (Å²) in [6, 6.07) is 0. The monoisotopic (exact) mass is 217 g/mol. The molecular weight excluding hydrogens is 206 g/mol. The van der Waals surface area contributed by atoms with Crippen LogP contribution in [0.4, 0.5) is 0 Å². The minimum Gasteiger partial charge on any atom is -0.481 e. The minimum atomic E-state index is -0.911. The van der Waals surface area contributed by atoms with E-state index in [2.05, 4.69) is 0 Å². The Bertz CT molecular complexity index is 368. The molecule has 1 N–H and O–H groups in total. The molecule has 0 aliphatic heterocycles. The molecule has 1 rings (SSSR count). The zero-order chi connectivity index (χ0) is 10.6. The van der Waals surface area contributed by atoms with Gasteiger partial charge >= 0.3 is 10.8 Å². The van der Waals surface area contributed by atoms with Crippen molar-refractivity contribution >= 4 is 17.3 Å². The Morgan fingerprint density at radius 1 is 1.71 bits per heavy atom. The quantitative estimate of drug-likeness (QED) is 0.781. The van der Waals surface area contributed by atoms with Gasteiger partial charge in [0.25, 0.3) is 0 Å². The third-order valence-corrected chi connectivity index (χ3v) is 2.52. The first kappa shape index (κ1) is 10.9. The maximum absolute atomic E-state index is 11.3. The number of nitrogens with zero attached hydrogens (tertiary/aromatic N) is 1. The molecule has 0 aliphatic carbocycles. The highest BCUT2D eigenvalue weighted by Crippen LogP contribution is 2.04. The zero-order valence-electron chi connectivity index (χ0n) is 7.73. The molecule has 0 aromatic carbocycles. The molecule has 6 heteroatoms. The number of aromatic nitrogens is 1. The largest absolute Gasteiger partial charge is 0.481 e. The fourth-order valence-corrected chi connectivity index (χ4v) is 1.83. The lowest BCUT2D eigenvalue weighted by Crippen LogP contribution is -2.18. The van der Waals surface area contributed by atoms with Gasteiger partial charge in [0.15, 0.2) is 0 Å². The Morgan fingerprint density at radius 2 is 2.43 bits per heavy atom. The summed E-state index contributed by atoms with van der Waals surface area (Å²) in [6.45, 7) is 0.536. The van der Waals surface area contributed by atoms with Crippen LogP contribution in [-0.2, 0) is 22.7 Å². The Kier molecular flexibility index (Phi) is 3.84. The van der Waals surface area contributed by atoms with Crippen molar-refractivity contribution in [3.63, 3.8) is 0 Å². The Morgan fingerprint density at radius 3 is 3.00 bits per heavy atom. The van der Waals surface area contributed by atoms with E-state index in [4.69, 9.17) is 9.84 Å². The van der Waals surface area contributed by atoms with Gasteiger partial charge in [-0.05, 0) is 0 Å². The summed E-state index contributed by atoms with van der Waals surface area (Å²) in [6.07, 6.45) is -0.0483. The fraction of sp³-hybridized carbons (Fsp3) is 0.500. The van der Waals surface area contributed by atoms with Crippen LogP contribution in [0.5, 0.6) is 0 Å². The van der Waals surface area contributed by atoms with Gasteiger partial charge in [-0.2, -0.15) is 0 Å². The Labute approximate surface area is 84.6 Å². The van der Waals surface area contributed by atoms with Crippen LogP contribution in [0.1, 0.15) is 12.1 Å². The molecule has 1 heterocycles. The summed E-state index contributed by atoms with van der Waals surface area (Å²) < 4.78 is 6.32. The van der Waals surface area contributed by atoms with Gasteiger partial charge in [-0.3, -0.25) is 9.59 Å². The number of carboxylic acids is 1. The topological polar surface area (TPSA) is 68.5 Å². The third-order valence-electron chi connectivity index (χ3n) is 1.70. The molecule has 0 aliphatic rings. The maximum Gasteiger partial charge on any atom is 0.307 e. The standard InChI is InChI=1S/C8H11NO4S/c1-13-4-6-5-14-8(12)9(6)3-2-7(10)11/h5H,2-4H2,1H3,(H,10,11). The van der Waals surface area contributed by atoms with Crippen LogP contribution in [0.25, 0.3) is 0 Å². The average Bonchev–Trinajstić information content (AvgIpc) is 2.45. The normalized spacial score (nSPS) is 10.4. The lowest BCUT2D eigenvalue weighted by molar-refractivity contribution is -0.137. The molecule has 0 atom stereocenters. The van der Waals surface area contributed by atoms with E-state index in [0.29, 0.717) is 6.61 Å². The second kappa shape index (κ2) is 4.92. The van der Waals surface area contributed by atoms with Gasteiger partial charge in [0.1, 0.15) is 0 Å². The number of hydrogen-bond donors (Lipinski definition) is 1. The number of carbonyl (C=O) groups is 1. The molecule has 1 aromatic heterocycles. The number of carboxylic acid groups (broad SMARTS) is 1. The van der Waals surface area contributed by atoms with Crippen molar-refractivity contribution in [3.8, 4) is 0 Å². The molecular formula is C8H11NO4S. The average molecular weight is 217 g/mol. The smallest absolute Gasteiger partial charge is 0.307 e. The van der Waals surface area contributed by atoms with Crippen molar-refractivity contribution in [2.75, 3.05) is 7.11 Å². The minimum absolute atomic E-state index is 0.0483. The van der Waals surface area contributed by atoms with Crippen molar-refractivity contribution in [1.29, 1.82) is 0 Å². The molecule has 0 amide bonds. The first-order valence-electron chi connectivity index (χ1n) is 4.03. The van der Waals surface area contributed by atoms with Gasteiger partial charge < -0.3 is 14.4 Å². The van der Waals surface area contributed by atoms with Gasteiger partial charge in [0.2, 0.25) is 0 Å². The third kappa shape index (κ3) is 2.68. The number of methoxy groups -OCH3 is 1. The molecule has 0 fully saturated rings. The molecule has 0 unspecified atom stereocenters. The van der Waals surface area contributed by atoms with Gasteiger partial charge in [0, 0.05) is 19.0 Å². The lowest BCUT2D eigenvalue weighted by atomic mass is 10.4. The van der Waals surface area contributed by atoms with E-state index in [1.807, 2.05) is 0 Å². The van der Waals surface area contributed by atoms with E-state index in [1.165, 1.54) is 11.7 Å². The van der Waals surface area contributed by atoms with Crippen molar-refractivity contribution < 1.29 is 14.6 Å². The molecule has 0 saturated carbocycles. The molecule has 1 aromatic rings. The number of thiazole rings is 1. The van der Waals surface area contributed by atoms with Crippen LogP contribution in [0.2, 0.25) is 0 Å². The van der Waals surface area contributed by atoms with Crippen molar-refractivity contribution in [2.45, 2.75) is 19.6 Å². The van der Waals surface area contributed by atoms with Crippen LogP contribution in [0, 0.1) is 0 Å². The van der Waals surface area contributed by atoms with Crippen LogP contribution in [-0.4, -0.2) is 22.8 Å². The van der Waals surface area contributed by atoms with E-state index in [9.17, 15) is 9.59 Å². The van der Waals surface area contributed by atoms with E-state index in [0.717, 1.165) is 17.0 Å². The highest BCUT2D eigenvalue weighted by molar-refractivity contribution is 7.07. The number of hydrogen-bond acceptors (Lipinski definition) is 4. The van der Waals surface area contributed by atoms with Crippen LogP contribution < -0.4 is 4.87 Å². The summed E-state index contributed by atoms with van der Waals surface area (Å²) in [5.74, 6) is -0.911. The van der Waals surface area contributed by atoms with Crippen LogP contribution in [0.3, 0.4) is 0 Å². The van der Waals surface area contributed by atoms with Crippen LogP contribution in [0.15, 0.2) is 10.2 Å². The summed E-state index contributed by atoms with van der Waals surface area (Å²) in [5.41, 5.74) is 0.726. The fourth-order valence-electron chi connectivity index (χ4n) is 1.07. The summed E-state index contributed by atoms with van der Waals surface area (Å²) in [5, 5.41) is 10.2. The second-order valence-corrected chi connectivity index (χ2v) is 3.54. The first-order valence-corrected chi connectivity index (χ1v) is 4.91. The summed E-state index contributed by atoms with van der Waals surface area (Å²) in [4.78, 5) is 21.5.